The predicted molar refractivity (Wildman–Crippen MR) is 73.5 cm³/mol. The molecule has 0 bridgehead atoms. The zero-order valence-electron chi connectivity index (χ0n) is 10.4. The summed E-state index contributed by atoms with van der Waals surface area (Å²) >= 11 is 0. The average molecular weight is 238 g/mol. The van der Waals surface area contributed by atoms with E-state index in [0.717, 1.165) is 19.3 Å². The highest BCUT2D eigenvalue weighted by atomic mass is 16.3. The average Bonchev–Trinajstić information content (AvgIpc) is 3.12. The molecule has 2 unspecified atom stereocenters. The van der Waals surface area contributed by atoms with Crippen molar-refractivity contribution >= 4 is 0 Å². The predicted octanol–water partition coefficient (Wildman–Crippen LogP) is 3.54. The Hall–Kier alpha value is -1.60. The van der Waals surface area contributed by atoms with E-state index in [1.54, 1.807) is 0 Å². The standard InChI is InChI=1S/C17H18O/c18-17(12-11-14-7-3-1-4-8-14)13-16(17)15-9-5-2-6-10-15/h1-10,16,18H,11-13H2. The van der Waals surface area contributed by atoms with Crippen molar-refractivity contribution in [3.63, 3.8) is 0 Å². The van der Waals surface area contributed by atoms with Gasteiger partial charge in [0.05, 0.1) is 5.60 Å². The van der Waals surface area contributed by atoms with Crippen LogP contribution in [0.5, 0.6) is 0 Å². The van der Waals surface area contributed by atoms with Crippen molar-refractivity contribution in [1.82, 2.24) is 0 Å². The van der Waals surface area contributed by atoms with Crippen LogP contribution in [0, 0.1) is 0 Å². The van der Waals surface area contributed by atoms with Gasteiger partial charge in [0, 0.05) is 5.92 Å². The molecule has 2 aromatic carbocycles. The van der Waals surface area contributed by atoms with Crippen LogP contribution < -0.4 is 0 Å². The van der Waals surface area contributed by atoms with E-state index in [1.165, 1.54) is 11.1 Å². The van der Waals surface area contributed by atoms with E-state index in [9.17, 15) is 5.11 Å². The SMILES string of the molecule is OC1(CCc2ccccc2)CC1c1ccccc1. The minimum absolute atomic E-state index is 0.336. The molecule has 1 fully saturated rings. The van der Waals surface area contributed by atoms with Gasteiger partial charge in [0.15, 0.2) is 0 Å². The fourth-order valence-corrected chi connectivity index (χ4v) is 2.69. The maximum absolute atomic E-state index is 10.5. The van der Waals surface area contributed by atoms with Gasteiger partial charge in [0.2, 0.25) is 0 Å². The molecule has 1 saturated carbocycles. The monoisotopic (exact) mass is 238 g/mol. The number of aliphatic hydroxyl groups is 1. The summed E-state index contributed by atoms with van der Waals surface area (Å²) in [6.45, 7) is 0. The van der Waals surface area contributed by atoms with Gasteiger partial charge in [0.1, 0.15) is 0 Å². The summed E-state index contributed by atoms with van der Waals surface area (Å²) in [6.07, 6.45) is 2.72. The van der Waals surface area contributed by atoms with E-state index in [0.29, 0.717) is 5.92 Å². The first-order valence-electron chi connectivity index (χ1n) is 6.59. The summed E-state index contributed by atoms with van der Waals surface area (Å²) in [4.78, 5) is 0. The van der Waals surface area contributed by atoms with Crippen molar-refractivity contribution in [3.8, 4) is 0 Å². The molecule has 0 heterocycles. The molecule has 2 atom stereocenters. The van der Waals surface area contributed by atoms with Crippen molar-refractivity contribution in [2.45, 2.75) is 30.8 Å². The minimum atomic E-state index is -0.475. The summed E-state index contributed by atoms with van der Waals surface area (Å²) in [5.74, 6) is 0.336. The fraction of sp³-hybridized carbons (Fsp3) is 0.294. The fourth-order valence-electron chi connectivity index (χ4n) is 2.69. The van der Waals surface area contributed by atoms with Crippen LogP contribution >= 0.6 is 0 Å². The van der Waals surface area contributed by atoms with Crippen LogP contribution in [0.3, 0.4) is 0 Å². The van der Waals surface area contributed by atoms with E-state index in [-0.39, 0.29) is 0 Å². The third-order valence-corrected chi connectivity index (χ3v) is 3.94. The van der Waals surface area contributed by atoms with Gasteiger partial charge in [-0.25, -0.2) is 0 Å². The molecule has 1 aliphatic carbocycles. The number of benzene rings is 2. The zero-order valence-corrected chi connectivity index (χ0v) is 10.4. The lowest BCUT2D eigenvalue weighted by molar-refractivity contribution is 0.133. The van der Waals surface area contributed by atoms with Crippen LogP contribution in [0.25, 0.3) is 0 Å². The lowest BCUT2D eigenvalue weighted by Gasteiger charge is -2.10. The highest BCUT2D eigenvalue weighted by molar-refractivity contribution is 5.31. The van der Waals surface area contributed by atoms with Crippen LogP contribution in [0.4, 0.5) is 0 Å². The van der Waals surface area contributed by atoms with Gasteiger partial charge in [-0.3, -0.25) is 0 Å². The van der Waals surface area contributed by atoms with E-state index in [2.05, 4.69) is 36.4 Å². The quantitative estimate of drug-likeness (QED) is 0.863. The summed E-state index contributed by atoms with van der Waals surface area (Å²) in [5.41, 5.74) is 2.11. The molecule has 1 N–H and O–H groups in total. The molecule has 18 heavy (non-hydrogen) atoms. The van der Waals surface area contributed by atoms with Crippen LogP contribution in [0.15, 0.2) is 60.7 Å². The summed E-state index contributed by atoms with van der Waals surface area (Å²) in [5, 5.41) is 10.5. The maximum atomic E-state index is 10.5. The Morgan fingerprint density at radius 1 is 0.944 bits per heavy atom. The Balaban J connectivity index is 1.62. The van der Waals surface area contributed by atoms with Gasteiger partial charge < -0.3 is 5.11 Å². The Morgan fingerprint density at radius 2 is 1.56 bits per heavy atom. The van der Waals surface area contributed by atoms with Crippen LogP contribution in [-0.4, -0.2) is 10.7 Å². The molecule has 0 saturated heterocycles. The van der Waals surface area contributed by atoms with Gasteiger partial charge in [-0.15, -0.1) is 0 Å². The van der Waals surface area contributed by atoms with Crippen molar-refractivity contribution in [3.05, 3.63) is 71.8 Å². The van der Waals surface area contributed by atoms with E-state index >= 15 is 0 Å². The lowest BCUT2D eigenvalue weighted by atomic mass is 10.0. The molecule has 0 aliphatic heterocycles. The van der Waals surface area contributed by atoms with Gasteiger partial charge in [-0.2, -0.15) is 0 Å². The van der Waals surface area contributed by atoms with Gasteiger partial charge in [0.25, 0.3) is 0 Å². The van der Waals surface area contributed by atoms with Crippen LogP contribution in [-0.2, 0) is 6.42 Å². The van der Waals surface area contributed by atoms with E-state index < -0.39 is 5.60 Å². The van der Waals surface area contributed by atoms with Crippen LogP contribution in [0.2, 0.25) is 0 Å². The molecular formula is C17H18O. The second-order valence-electron chi connectivity index (χ2n) is 5.26. The Bertz CT molecular complexity index is 506. The first kappa shape index (κ1) is 11.5. The molecule has 0 aromatic heterocycles. The minimum Gasteiger partial charge on any atom is -0.389 e. The number of aryl methyl sites for hydroxylation is 1. The molecule has 0 spiro atoms. The first-order chi connectivity index (χ1) is 8.78. The molecule has 0 radical (unpaired) electrons. The molecule has 0 amide bonds. The third-order valence-electron chi connectivity index (χ3n) is 3.94. The maximum Gasteiger partial charge on any atom is 0.0727 e. The Kier molecular flexibility index (Phi) is 2.92. The molecule has 1 aliphatic rings. The molecule has 1 nitrogen and oxygen atoms in total. The van der Waals surface area contributed by atoms with Crippen molar-refractivity contribution in [2.75, 3.05) is 0 Å². The van der Waals surface area contributed by atoms with Gasteiger partial charge >= 0.3 is 0 Å². The molecule has 2 aromatic rings. The third kappa shape index (κ3) is 2.32. The number of rotatable bonds is 4. The second kappa shape index (κ2) is 4.58. The number of hydrogen-bond acceptors (Lipinski definition) is 1. The lowest BCUT2D eigenvalue weighted by Crippen LogP contribution is -2.11. The largest absolute Gasteiger partial charge is 0.389 e. The Morgan fingerprint density at radius 3 is 2.22 bits per heavy atom. The van der Waals surface area contributed by atoms with Crippen molar-refractivity contribution < 1.29 is 5.11 Å². The summed E-state index contributed by atoms with van der Waals surface area (Å²) in [6, 6.07) is 20.7. The highest BCUT2D eigenvalue weighted by Crippen LogP contribution is 2.53. The zero-order chi connectivity index (χ0) is 12.4. The molecule has 3 rings (SSSR count). The first-order valence-corrected chi connectivity index (χ1v) is 6.59. The van der Waals surface area contributed by atoms with Crippen molar-refractivity contribution in [2.24, 2.45) is 0 Å². The summed E-state index contributed by atoms with van der Waals surface area (Å²) < 4.78 is 0. The molecular weight excluding hydrogens is 220 g/mol. The second-order valence-corrected chi connectivity index (χ2v) is 5.26. The molecule has 92 valence electrons. The van der Waals surface area contributed by atoms with Gasteiger partial charge in [-0.05, 0) is 30.4 Å². The van der Waals surface area contributed by atoms with E-state index in [1.807, 2.05) is 24.3 Å². The normalized spacial score (nSPS) is 25.9. The van der Waals surface area contributed by atoms with E-state index in [4.69, 9.17) is 0 Å². The topological polar surface area (TPSA) is 20.2 Å². The van der Waals surface area contributed by atoms with Crippen LogP contribution in [0.1, 0.15) is 29.9 Å². The number of hydrogen-bond donors (Lipinski definition) is 1. The highest BCUT2D eigenvalue weighted by Gasteiger charge is 2.52. The van der Waals surface area contributed by atoms with Crippen molar-refractivity contribution in [1.29, 1.82) is 0 Å². The van der Waals surface area contributed by atoms with Gasteiger partial charge in [-0.1, -0.05) is 60.7 Å². The Labute approximate surface area is 108 Å². The molecule has 1 heteroatoms. The smallest absolute Gasteiger partial charge is 0.0727 e. The summed E-state index contributed by atoms with van der Waals surface area (Å²) in [7, 11) is 0.